The molecule has 1 saturated heterocycles. The Morgan fingerprint density at radius 1 is 0.964 bits per heavy atom. The molecule has 7 heteroatoms. The Labute approximate surface area is 166 Å². The molecule has 0 amide bonds. The van der Waals surface area contributed by atoms with E-state index in [0.29, 0.717) is 31.7 Å². The summed E-state index contributed by atoms with van der Waals surface area (Å²) in [6, 6.07) is 10.8. The monoisotopic (exact) mass is 402 g/mol. The smallest absolute Gasteiger partial charge is 0.337 e. The molecule has 0 radical (unpaired) electrons. The average molecular weight is 403 g/mol. The fourth-order valence-electron chi connectivity index (χ4n) is 3.51. The largest absolute Gasteiger partial charge is 0.465 e. The topological polar surface area (TPSA) is 66.9 Å². The summed E-state index contributed by atoms with van der Waals surface area (Å²) in [7, 11) is -2.40. The van der Waals surface area contributed by atoms with Crippen LogP contribution in [0.3, 0.4) is 0 Å². The van der Waals surface area contributed by atoms with Crippen LogP contribution in [0.4, 0.5) is 5.69 Å². The fraction of sp³-hybridized carbons (Fsp3) is 0.381. The van der Waals surface area contributed by atoms with Crippen molar-refractivity contribution in [1.29, 1.82) is 0 Å². The Kier molecular flexibility index (Phi) is 5.76. The number of methoxy groups -OCH3 is 1. The van der Waals surface area contributed by atoms with Gasteiger partial charge in [-0.2, -0.15) is 4.31 Å². The van der Waals surface area contributed by atoms with Crippen LogP contribution in [0.15, 0.2) is 41.3 Å². The predicted molar refractivity (Wildman–Crippen MR) is 109 cm³/mol. The SMILES string of the molecule is COC(=O)c1ccc(C)c(S(=O)(=O)N2CCN(c3cccc(C)c3C)CC2)c1. The molecule has 1 fully saturated rings. The summed E-state index contributed by atoms with van der Waals surface area (Å²) in [5, 5.41) is 0. The summed E-state index contributed by atoms with van der Waals surface area (Å²) < 4.78 is 32.6. The van der Waals surface area contributed by atoms with Crippen LogP contribution in [-0.4, -0.2) is 52.0 Å². The lowest BCUT2D eigenvalue weighted by molar-refractivity contribution is 0.0600. The lowest BCUT2D eigenvalue weighted by atomic mass is 10.1. The highest BCUT2D eigenvalue weighted by atomic mass is 32.2. The van der Waals surface area contributed by atoms with Crippen LogP contribution in [0.5, 0.6) is 0 Å². The molecule has 0 aliphatic carbocycles. The normalized spacial score (nSPS) is 15.5. The molecule has 1 aliphatic heterocycles. The van der Waals surface area contributed by atoms with Gasteiger partial charge in [-0.3, -0.25) is 0 Å². The Bertz CT molecular complexity index is 993. The highest BCUT2D eigenvalue weighted by Gasteiger charge is 2.30. The molecule has 1 aliphatic rings. The van der Waals surface area contributed by atoms with Crippen LogP contribution in [0.2, 0.25) is 0 Å². The number of piperazine rings is 1. The third kappa shape index (κ3) is 3.77. The van der Waals surface area contributed by atoms with E-state index in [9.17, 15) is 13.2 Å². The zero-order valence-electron chi connectivity index (χ0n) is 16.7. The number of esters is 1. The van der Waals surface area contributed by atoms with Crippen molar-refractivity contribution in [3.05, 3.63) is 58.7 Å². The zero-order valence-corrected chi connectivity index (χ0v) is 17.5. The number of rotatable bonds is 4. The van der Waals surface area contributed by atoms with Gasteiger partial charge < -0.3 is 9.64 Å². The van der Waals surface area contributed by atoms with Gasteiger partial charge in [0.1, 0.15) is 0 Å². The molecule has 6 nitrogen and oxygen atoms in total. The molecule has 1 heterocycles. The van der Waals surface area contributed by atoms with Gasteiger partial charge in [-0.05, 0) is 55.7 Å². The summed E-state index contributed by atoms with van der Waals surface area (Å²) in [6.07, 6.45) is 0. The van der Waals surface area contributed by atoms with Crippen molar-refractivity contribution >= 4 is 21.7 Å². The van der Waals surface area contributed by atoms with Gasteiger partial charge >= 0.3 is 5.97 Å². The van der Waals surface area contributed by atoms with Gasteiger partial charge in [0.2, 0.25) is 10.0 Å². The number of benzene rings is 2. The van der Waals surface area contributed by atoms with E-state index in [1.54, 1.807) is 19.1 Å². The van der Waals surface area contributed by atoms with Crippen molar-refractivity contribution < 1.29 is 17.9 Å². The zero-order chi connectivity index (χ0) is 20.5. The van der Waals surface area contributed by atoms with Gasteiger partial charge in [-0.15, -0.1) is 0 Å². The van der Waals surface area contributed by atoms with Crippen LogP contribution >= 0.6 is 0 Å². The maximum Gasteiger partial charge on any atom is 0.337 e. The quantitative estimate of drug-likeness (QED) is 0.736. The van der Waals surface area contributed by atoms with Crippen molar-refractivity contribution in [2.24, 2.45) is 0 Å². The number of carbonyl (C=O) groups is 1. The van der Waals surface area contributed by atoms with E-state index < -0.39 is 16.0 Å². The third-order valence-electron chi connectivity index (χ3n) is 5.38. The van der Waals surface area contributed by atoms with Crippen LogP contribution < -0.4 is 4.90 Å². The Morgan fingerprint density at radius 2 is 1.64 bits per heavy atom. The molecular formula is C21H26N2O4S. The average Bonchev–Trinajstić information content (AvgIpc) is 2.70. The number of sulfonamides is 1. The fourth-order valence-corrected chi connectivity index (χ4v) is 5.18. The van der Waals surface area contributed by atoms with Gasteiger partial charge in [0.15, 0.2) is 0 Å². The second-order valence-electron chi connectivity index (χ2n) is 7.08. The van der Waals surface area contributed by atoms with Gasteiger partial charge in [0.25, 0.3) is 0 Å². The lowest BCUT2D eigenvalue weighted by Crippen LogP contribution is -2.49. The van der Waals surface area contributed by atoms with Gasteiger partial charge in [0, 0.05) is 31.9 Å². The number of hydrogen-bond donors (Lipinski definition) is 0. The summed E-state index contributed by atoms with van der Waals surface area (Å²) in [5.41, 5.74) is 4.45. The molecule has 0 atom stereocenters. The minimum Gasteiger partial charge on any atom is -0.465 e. The maximum absolute atomic E-state index is 13.2. The van der Waals surface area contributed by atoms with Gasteiger partial charge in [0.05, 0.1) is 17.6 Å². The number of anilines is 1. The van der Waals surface area contributed by atoms with Crippen molar-refractivity contribution in [2.75, 3.05) is 38.2 Å². The molecule has 2 aromatic rings. The summed E-state index contributed by atoms with van der Waals surface area (Å²) >= 11 is 0. The minimum atomic E-state index is -3.68. The van der Waals surface area contributed by atoms with E-state index in [1.165, 1.54) is 28.6 Å². The van der Waals surface area contributed by atoms with Crippen molar-refractivity contribution in [3.8, 4) is 0 Å². The molecule has 28 heavy (non-hydrogen) atoms. The molecule has 0 aromatic heterocycles. The van der Waals surface area contributed by atoms with Crippen LogP contribution in [0, 0.1) is 20.8 Å². The summed E-state index contributed by atoms with van der Waals surface area (Å²) in [4.78, 5) is 14.2. The van der Waals surface area contributed by atoms with Gasteiger partial charge in [-0.25, -0.2) is 13.2 Å². The van der Waals surface area contributed by atoms with E-state index in [2.05, 4.69) is 30.9 Å². The lowest BCUT2D eigenvalue weighted by Gasteiger charge is -2.36. The molecule has 0 unspecified atom stereocenters. The summed E-state index contributed by atoms with van der Waals surface area (Å²) in [5.74, 6) is -0.545. The first-order valence-electron chi connectivity index (χ1n) is 9.26. The second-order valence-corrected chi connectivity index (χ2v) is 8.99. The molecule has 150 valence electrons. The number of nitrogens with zero attached hydrogens (tertiary/aromatic N) is 2. The van der Waals surface area contributed by atoms with Crippen molar-refractivity contribution in [3.63, 3.8) is 0 Å². The molecule has 0 saturated carbocycles. The first-order valence-corrected chi connectivity index (χ1v) is 10.7. The number of hydrogen-bond acceptors (Lipinski definition) is 5. The van der Waals surface area contributed by atoms with Crippen molar-refractivity contribution in [2.45, 2.75) is 25.7 Å². The first kappa shape index (κ1) is 20.4. The molecule has 0 N–H and O–H groups in total. The maximum atomic E-state index is 13.2. The van der Waals surface area contributed by atoms with Gasteiger partial charge in [-0.1, -0.05) is 18.2 Å². The predicted octanol–water partition coefficient (Wildman–Crippen LogP) is 2.91. The Balaban J connectivity index is 1.82. The van der Waals surface area contributed by atoms with Crippen molar-refractivity contribution in [1.82, 2.24) is 4.31 Å². The Morgan fingerprint density at radius 3 is 2.29 bits per heavy atom. The molecule has 0 spiro atoms. The molecule has 3 rings (SSSR count). The van der Waals surface area contributed by atoms with Crippen LogP contribution in [-0.2, 0) is 14.8 Å². The molecule has 0 bridgehead atoms. The number of ether oxygens (including phenoxy) is 1. The number of aryl methyl sites for hydroxylation is 2. The molecule has 2 aromatic carbocycles. The van der Waals surface area contributed by atoms with Crippen LogP contribution in [0.25, 0.3) is 0 Å². The third-order valence-corrected chi connectivity index (χ3v) is 7.42. The number of carbonyl (C=O) groups excluding carboxylic acids is 1. The highest BCUT2D eigenvalue weighted by molar-refractivity contribution is 7.89. The second kappa shape index (κ2) is 7.93. The highest BCUT2D eigenvalue weighted by Crippen LogP contribution is 2.27. The molecular weight excluding hydrogens is 376 g/mol. The standard InChI is InChI=1S/C21H26N2O4S/c1-15-6-5-7-19(17(15)3)22-10-12-23(13-11-22)28(25,26)20-14-18(21(24)27-4)9-8-16(20)2/h5-9,14H,10-13H2,1-4H3. The summed E-state index contributed by atoms with van der Waals surface area (Å²) in [6.45, 7) is 7.96. The van der Waals surface area contributed by atoms with Crippen LogP contribution in [0.1, 0.15) is 27.0 Å². The van der Waals surface area contributed by atoms with E-state index in [-0.39, 0.29) is 10.5 Å². The first-order chi connectivity index (χ1) is 13.3. The van der Waals surface area contributed by atoms with E-state index in [0.717, 1.165) is 5.69 Å². The van der Waals surface area contributed by atoms with E-state index in [1.807, 2.05) is 6.07 Å². The van der Waals surface area contributed by atoms with E-state index >= 15 is 0 Å². The van der Waals surface area contributed by atoms with E-state index in [4.69, 9.17) is 4.74 Å². The Hall–Kier alpha value is -2.38. The minimum absolute atomic E-state index is 0.163.